The summed E-state index contributed by atoms with van der Waals surface area (Å²) in [5, 5.41) is 3.45. The van der Waals surface area contributed by atoms with Crippen molar-refractivity contribution in [2.45, 2.75) is 12.5 Å². The van der Waals surface area contributed by atoms with E-state index in [4.69, 9.17) is 5.73 Å². The molecule has 0 aromatic carbocycles. The molecule has 1 saturated heterocycles. The van der Waals surface area contributed by atoms with Crippen molar-refractivity contribution < 1.29 is 0 Å². The Morgan fingerprint density at radius 1 is 1.75 bits per heavy atom. The van der Waals surface area contributed by atoms with Crippen molar-refractivity contribution in [1.82, 2.24) is 10.3 Å². The van der Waals surface area contributed by atoms with Gasteiger partial charge in [-0.15, -0.1) is 11.3 Å². The van der Waals surface area contributed by atoms with E-state index in [1.807, 2.05) is 11.7 Å². The average Bonchev–Trinajstić information content (AvgIpc) is 2.74. The van der Waals surface area contributed by atoms with Gasteiger partial charge in [-0.1, -0.05) is 0 Å². The zero-order valence-corrected chi connectivity index (χ0v) is 7.68. The maximum atomic E-state index is 5.67. The molecule has 3 N–H and O–H groups in total. The van der Waals surface area contributed by atoms with E-state index in [0.717, 1.165) is 13.1 Å². The Morgan fingerprint density at radius 2 is 2.67 bits per heavy atom. The van der Waals surface area contributed by atoms with E-state index in [1.165, 1.54) is 11.3 Å². The highest BCUT2D eigenvalue weighted by Crippen LogP contribution is 2.30. The molecule has 12 heavy (non-hydrogen) atoms. The predicted octanol–water partition coefficient (Wildman–Crippen LogP) is 0.752. The molecule has 1 fully saturated rings. The molecular formula is C8H13N3S. The molecule has 0 aliphatic carbocycles. The quantitative estimate of drug-likeness (QED) is 0.711. The van der Waals surface area contributed by atoms with E-state index in [9.17, 15) is 0 Å². The number of thiazole rings is 1. The summed E-state index contributed by atoms with van der Waals surface area (Å²) in [6, 6.07) is 0.461. The van der Waals surface area contributed by atoms with Crippen LogP contribution in [0.1, 0.15) is 17.3 Å². The fourth-order valence-corrected chi connectivity index (χ4v) is 2.51. The summed E-state index contributed by atoms with van der Waals surface area (Å²) in [5.74, 6) is 0.602. The molecule has 4 heteroatoms. The molecule has 0 saturated carbocycles. The Morgan fingerprint density at radius 3 is 3.33 bits per heavy atom. The van der Waals surface area contributed by atoms with Gasteiger partial charge in [0.05, 0.1) is 5.51 Å². The second-order valence-electron chi connectivity index (χ2n) is 3.12. The van der Waals surface area contributed by atoms with Crippen molar-refractivity contribution >= 4 is 11.3 Å². The topological polar surface area (TPSA) is 50.9 Å². The summed E-state index contributed by atoms with van der Waals surface area (Å²) in [5.41, 5.74) is 7.55. The fraction of sp³-hybridized carbons (Fsp3) is 0.625. The lowest BCUT2D eigenvalue weighted by Gasteiger charge is -2.15. The normalized spacial score (nSPS) is 29.4. The third-order valence-corrected chi connectivity index (χ3v) is 3.27. The molecule has 2 atom stereocenters. The molecule has 0 amide bonds. The van der Waals surface area contributed by atoms with E-state index in [2.05, 4.69) is 10.3 Å². The van der Waals surface area contributed by atoms with Gasteiger partial charge in [-0.3, -0.25) is 4.98 Å². The number of hydrogen-bond donors (Lipinski definition) is 2. The molecule has 1 aromatic heterocycles. The molecule has 1 aliphatic rings. The highest BCUT2D eigenvalue weighted by molar-refractivity contribution is 7.09. The third kappa shape index (κ3) is 1.37. The second kappa shape index (κ2) is 3.51. The molecule has 1 aliphatic heterocycles. The molecule has 1 aromatic rings. The number of rotatable bonds is 2. The van der Waals surface area contributed by atoms with Crippen LogP contribution in [-0.4, -0.2) is 18.1 Å². The van der Waals surface area contributed by atoms with E-state index in [1.54, 1.807) is 11.3 Å². The first-order valence-electron chi connectivity index (χ1n) is 4.23. The number of nitrogens with one attached hydrogen (secondary N) is 1. The van der Waals surface area contributed by atoms with E-state index in [0.29, 0.717) is 12.0 Å². The van der Waals surface area contributed by atoms with Gasteiger partial charge in [-0.2, -0.15) is 0 Å². The van der Waals surface area contributed by atoms with Crippen LogP contribution in [0.3, 0.4) is 0 Å². The van der Waals surface area contributed by atoms with Crippen LogP contribution < -0.4 is 11.1 Å². The zero-order valence-electron chi connectivity index (χ0n) is 6.86. The molecule has 3 nitrogen and oxygen atoms in total. The van der Waals surface area contributed by atoms with Gasteiger partial charge in [0.1, 0.15) is 0 Å². The minimum absolute atomic E-state index is 0.461. The van der Waals surface area contributed by atoms with E-state index in [-0.39, 0.29) is 0 Å². The highest BCUT2D eigenvalue weighted by Gasteiger charge is 2.27. The molecule has 2 heterocycles. The Bertz CT molecular complexity index is 234. The summed E-state index contributed by atoms with van der Waals surface area (Å²) in [6.07, 6.45) is 3.13. The summed E-state index contributed by atoms with van der Waals surface area (Å²) in [7, 11) is 0. The summed E-state index contributed by atoms with van der Waals surface area (Å²) >= 11 is 1.71. The first-order chi connectivity index (χ1) is 5.92. The summed E-state index contributed by atoms with van der Waals surface area (Å²) < 4.78 is 0. The minimum Gasteiger partial charge on any atom is -0.330 e. The van der Waals surface area contributed by atoms with Crippen LogP contribution in [0.25, 0.3) is 0 Å². The second-order valence-corrected chi connectivity index (χ2v) is 4.04. The Hall–Kier alpha value is -0.450. The van der Waals surface area contributed by atoms with Crippen LogP contribution in [-0.2, 0) is 0 Å². The van der Waals surface area contributed by atoms with Crippen molar-refractivity contribution in [3.05, 3.63) is 16.6 Å². The standard InChI is InChI=1S/C8H13N3S/c9-3-6-1-2-11-8(6)7-4-10-5-12-7/h4-6,8,11H,1-3,9H2. The van der Waals surface area contributed by atoms with Crippen LogP contribution in [0.2, 0.25) is 0 Å². The molecule has 0 spiro atoms. The van der Waals surface area contributed by atoms with Gasteiger partial charge in [0, 0.05) is 17.1 Å². The Labute approximate surface area is 76.0 Å². The van der Waals surface area contributed by atoms with Crippen LogP contribution in [0.4, 0.5) is 0 Å². The third-order valence-electron chi connectivity index (χ3n) is 2.41. The Kier molecular flexibility index (Phi) is 2.39. The molecule has 0 bridgehead atoms. The first kappa shape index (κ1) is 8.16. The van der Waals surface area contributed by atoms with Gasteiger partial charge in [0.25, 0.3) is 0 Å². The molecule has 2 rings (SSSR count). The van der Waals surface area contributed by atoms with Crippen molar-refractivity contribution in [3.63, 3.8) is 0 Å². The predicted molar refractivity (Wildman–Crippen MR) is 50.0 cm³/mol. The molecular weight excluding hydrogens is 170 g/mol. The van der Waals surface area contributed by atoms with E-state index >= 15 is 0 Å². The highest BCUT2D eigenvalue weighted by atomic mass is 32.1. The SMILES string of the molecule is NCC1CCNC1c1cncs1. The van der Waals surface area contributed by atoms with Gasteiger partial charge in [-0.25, -0.2) is 0 Å². The van der Waals surface area contributed by atoms with Gasteiger partial charge >= 0.3 is 0 Å². The lowest BCUT2D eigenvalue weighted by molar-refractivity contribution is 0.478. The van der Waals surface area contributed by atoms with Crippen LogP contribution in [0, 0.1) is 5.92 Å². The van der Waals surface area contributed by atoms with Crippen LogP contribution >= 0.6 is 11.3 Å². The van der Waals surface area contributed by atoms with Crippen LogP contribution in [0.15, 0.2) is 11.7 Å². The number of aromatic nitrogens is 1. The fourth-order valence-electron chi connectivity index (χ4n) is 1.72. The number of nitrogens with two attached hydrogens (primary N) is 1. The summed E-state index contributed by atoms with van der Waals surface area (Å²) in [6.45, 7) is 1.86. The van der Waals surface area contributed by atoms with Gasteiger partial charge in [0.2, 0.25) is 0 Å². The maximum absolute atomic E-state index is 5.67. The first-order valence-corrected chi connectivity index (χ1v) is 5.11. The molecule has 66 valence electrons. The number of hydrogen-bond acceptors (Lipinski definition) is 4. The van der Waals surface area contributed by atoms with Crippen molar-refractivity contribution in [3.8, 4) is 0 Å². The van der Waals surface area contributed by atoms with Crippen molar-refractivity contribution in [1.29, 1.82) is 0 Å². The Balaban J connectivity index is 2.13. The lowest BCUT2D eigenvalue weighted by atomic mass is 10.0. The zero-order chi connectivity index (χ0) is 8.39. The van der Waals surface area contributed by atoms with Gasteiger partial charge < -0.3 is 11.1 Å². The number of nitrogens with zero attached hydrogens (tertiary/aromatic N) is 1. The van der Waals surface area contributed by atoms with Crippen molar-refractivity contribution in [2.24, 2.45) is 11.7 Å². The minimum atomic E-state index is 0.461. The monoisotopic (exact) mass is 183 g/mol. The average molecular weight is 183 g/mol. The largest absolute Gasteiger partial charge is 0.330 e. The van der Waals surface area contributed by atoms with E-state index < -0.39 is 0 Å². The van der Waals surface area contributed by atoms with Crippen LogP contribution in [0.5, 0.6) is 0 Å². The van der Waals surface area contributed by atoms with Gasteiger partial charge in [0.15, 0.2) is 0 Å². The molecule has 2 unspecified atom stereocenters. The maximum Gasteiger partial charge on any atom is 0.0794 e. The van der Waals surface area contributed by atoms with Crippen molar-refractivity contribution in [2.75, 3.05) is 13.1 Å². The summed E-state index contributed by atoms with van der Waals surface area (Å²) in [4.78, 5) is 5.40. The lowest BCUT2D eigenvalue weighted by Crippen LogP contribution is -2.22. The smallest absolute Gasteiger partial charge is 0.0794 e. The molecule has 0 radical (unpaired) electrons. The van der Waals surface area contributed by atoms with Gasteiger partial charge in [-0.05, 0) is 25.4 Å².